The molecule has 0 bridgehead atoms. The third kappa shape index (κ3) is 1.36. The molecular formula is C11H14N2O2. The fourth-order valence-electron chi connectivity index (χ4n) is 2.46. The molecule has 2 aliphatic heterocycles. The number of piperidine rings is 1. The molecule has 0 aliphatic carbocycles. The number of hydrogen-bond acceptors (Lipinski definition) is 3. The van der Waals surface area contributed by atoms with Gasteiger partial charge < -0.3 is 14.6 Å². The Morgan fingerprint density at radius 1 is 1.60 bits per heavy atom. The number of amides is 1. The van der Waals surface area contributed by atoms with Crippen LogP contribution in [0.5, 0.6) is 0 Å². The first-order chi connectivity index (χ1) is 7.36. The van der Waals surface area contributed by atoms with Crippen LogP contribution in [0.4, 0.5) is 0 Å². The van der Waals surface area contributed by atoms with E-state index in [0.29, 0.717) is 17.6 Å². The van der Waals surface area contributed by atoms with E-state index in [4.69, 9.17) is 4.42 Å². The summed E-state index contributed by atoms with van der Waals surface area (Å²) in [5.41, 5.74) is 0.669. The van der Waals surface area contributed by atoms with Gasteiger partial charge in [0.15, 0.2) is 0 Å². The van der Waals surface area contributed by atoms with E-state index in [1.807, 2.05) is 4.90 Å². The van der Waals surface area contributed by atoms with E-state index in [1.54, 1.807) is 12.3 Å². The molecule has 15 heavy (non-hydrogen) atoms. The van der Waals surface area contributed by atoms with E-state index in [1.165, 1.54) is 12.7 Å². The van der Waals surface area contributed by atoms with Gasteiger partial charge >= 0.3 is 0 Å². The van der Waals surface area contributed by atoms with Gasteiger partial charge in [0.25, 0.3) is 5.91 Å². The van der Waals surface area contributed by atoms with Crippen LogP contribution < -0.4 is 5.32 Å². The molecule has 0 aromatic carbocycles. The number of likely N-dealkylation sites (tertiary alicyclic amines) is 1. The molecule has 0 spiro atoms. The summed E-state index contributed by atoms with van der Waals surface area (Å²) >= 11 is 0. The lowest BCUT2D eigenvalue weighted by Crippen LogP contribution is -2.68. The van der Waals surface area contributed by atoms with Crippen LogP contribution in [-0.2, 0) is 0 Å². The van der Waals surface area contributed by atoms with Crippen molar-refractivity contribution in [3.8, 4) is 0 Å². The van der Waals surface area contributed by atoms with Gasteiger partial charge in [-0.15, -0.1) is 0 Å². The largest absolute Gasteiger partial charge is 0.472 e. The van der Waals surface area contributed by atoms with Crippen LogP contribution in [0.2, 0.25) is 0 Å². The second-order valence-corrected chi connectivity index (χ2v) is 4.23. The normalized spacial score (nSPS) is 29.5. The monoisotopic (exact) mass is 206 g/mol. The first-order valence-electron chi connectivity index (χ1n) is 5.43. The first kappa shape index (κ1) is 8.97. The predicted octanol–water partition coefficient (Wildman–Crippen LogP) is 0.856. The Morgan fingerprint density at radius 3 is 3.20 bits per heavy atom. The molecule has 1 N–H and O–H groups in total. The maximum Gasteiger partial charge on any atom is 0.257 e. The van der Waals surface area contributed by atoms with Gasteiger partial charge in [0, 0.05) is 19.1 Å². The van der Waals surface area contributed by atoms with E-state index in [-0.39, 0.29) is 5.91 Å². The molecule has 2 aliphatic rings. The van der Waals surface area contributed by atoms with Gasteiger partial charge in [0.2, 0.25) is 0 Å². The van der Waals surface area contributed by atoms with Crippen LogP contribution in [0.1, 0.15) is 23.2 Å². The number of rotatable bonds is 1. The minimum atomic E-state index is 0.111. The van der Waals surface area contributed by atoms with Crippen molar-refractivity contribution in [2.24, 2.45) is 0 Å². The molecule has 2 unspecified atom stereocenters. The zero-order valence-corrected chi connectivity index (χ0v) is 8.48. The lowest BCUT2D eigenvalue weighted by Gasteiger charge is -2.48. The number of furan rings is 1. The van der Waals surface area contributed by atoms with Crippen molar-refractivity contribution in [1.29, 1.82) is 0 Å². The molecule has 2 atom stereocenters. The van der Waals surface area contributed by atoms with Crippen molar-refractivity contribution in [3.63, 3.8) is 0 Å². The number of carbonyl (C=O) groups is 1. The maximum absolute atomic E-state index is 12.1. The molecule has 1 amide bonds. The number of nitrogens with one attached hydrogen (secondary N) is 1. The summed E-state index contributed by atoms with van der Waals surface area (Å²) in [5.74, 6) is 0.111. The Morgan fingerprint density at radius 2 is 2.53 bits per heavy atom. The maximum atomic E-state index is 12.1. The molecule has 3 rings (SSSR count). The van der Waals surface area contributed by atoms with Crippen LogP contribution in [0.3, 0.4) is 0 Å². The predicted molar refractivity (Wildman–Crippen MR) is 54.6 cm³/mol. The van der Waals surface area contributed by atoms with E-state index in [2.05, 4.69) is 5.32 Å². The highest BCUT2D eigenvalue weighted by Gasteiger charge is 2.40. The fraction of sp³-hybridized carbons (Fsp3) is 0.545. The van der Waals surface area contributed by atoms with Gasteiger partial charge in [-0.3, -0.25) is 4.79 Å². The summed E-state index contributed by atoms with van der Waals surface area (Å²) in [6, 6.07) is 2.66. The van der Waals surface area contributed by atoms with Crippen LogP contribution in [0, 0.1) is 0 Å². The fourth-order valence-corrected chi connectivity index (χ4v) is 2.46. The standard InChI is InChI=1S/C11H14N2O2/c14-11(8-3-5-15-7-8)13-4-1-2-9-10(13)6-12-9/h3,5,7,9-10,12H,1-2,4,6H2. The molecule has 2 saturated heterocycles. The SMILES string of the molecule is O=C(c1ccoc1)N1CCCC2NCC21. The quantitative estimate of drug-likeness (QED) is 0.741. The highest BCUT2D eigenvalue weighted by Crippen LogP contribution is 2.25. The van der Waals surface area contributed by atoms with E-state index >= 15 is 0 Å². The lowest BCUT2D eigenvalue weighted by molar-refractivity contribution is 0.0365. The van der Waals surface area contributed by atoms with E-state index < -0.39 is 0 Å². The third-order valence-electron chi connectivity index (χ3n) is 3.40. The molecule has 0 saturated carbocycles. The number of fused-ring (bicyclic) bond motifs is 1. The van der Waals surface area contributed by atoms with Crippen LogP contribution in [-0.4, -0.2) is 36.0 Å². The highest BCUT2D eigenvalue weighted by molar-refractivity contribution is 5.94. The van der Waals surface area contributed by atoms with Gasteiger partial charge in [-0.05, 0) is 18.9 Å². The summed E-state index contributed by atoms with van der Waals surface area (Å²) in [4.78, 5) is 14.1. The summed E-state index contributed by atoms with van der Waals surface area (Å²) in [7, 11) is 0. The zero-order chi connectivity index (χ0) is 10.3. The van der Waals surface area contributed by atoms with E-state index in [0.717, 1.165) is 19.5 Å². The highest BCUT2D eigenvalue weighted by atomic mass is 16.3. The van der Waals surface area contributed by atoms with Crippen LogP contribution in [0.25, 0.3) is 0 Å². The minimum Gasteiger partial charge on any atom is -0.472 e. The molecule has 0 radical (unpaired) electrons. The molecule has 4 nitrogen and oxygen atoms in total. The van der Waals surface area contributed by atoms with Gasteiger partial charge in [-0.2, -0.15) is 0 Å². The molecular weight excluding hydrogens is 192 g/mol. The Kier molecular flexibility index (Phi) is 2.02. The second kappa shape index (κ2) is 3.38. The van der Waals surface area contributed by atoms with E-state index in [9.17, 15) is 4.79 Å². The average molecular weight is 206 g/mol. The number of hydrogen-bond donors (Lipinski definition) is 1. The van der Waals surface area contributed by atoms with Gasteiger partial charge in [-0.25, -0.2) is 0 Å². The summed E-state index contributed by atoms with van der Waals surface area (Å²) in [6.07, 6.45) is 5.36. The number of carbonyl (C=O) groups excluding carboxylic acids is 1. The van der Waals surface area contributed by atoms with Crippen molar-refractivity contribution in [3.05, 3.63) is 24.2 Å². The Bertz CT molecular complexity index is 361. The Labute approximate surface area is 88.2 Å². The second-order valence-electron chi connectivity index (χ2n) is 4.23. The first-order valence-corrected chi connectivity index (χ1v) is 5.43. The Hall–Kier alpha value is -1.29. The minimum absolute atomic E-state index is 0.111. The molecule has 4 heteroatoms. The molecule has 3 heterocycles. The summed E-state index contributed by atoms with van der Waals surface area (Å²) in [6.45, 7) is 1.82. The molecule has 1 aromatic rings. The number of nitrogens with zero attached hydrogens (tertiary/aromatic N) is 1. The van der Waals surface area contributed by atoms with Crippen LogP contribution >= 0.6 is 0 Å². The molecule has 1 aromatic heterocycles. The third-order valence-corrected chi connectivity index (χ3v) is 3.40. The molecule has 2 fully saturated rings. The smallest absolute Gasteiger partial charge is 0.257 e. The van der Waals surface area contributed by atoms with Gasteiger partial charge in [0.05, 0.1) is 17.9 Å². The van der Waals surface area contributed by atoms with Crippen molar-refractivity contribution < 1.29 is 9.21 Å². The summed E-state index contributed by atoms with van der Waals surface area (Å²) in [5, 5.41) is 3.36. The zero-order valence-electron chi connectivity index (χ0n) is 8.48. The van der Waals surface area contributed by atoms with Gasteiger partial charge in [-0.1, -0.05) is 0 Å². The van der Waals surface area contributed by atoms with Crippen molar-refractivity contribution in [1.82, 2.24) is 10.2 Å². The van der Waals surface area contributed by atoms with Crippen molar-refractivity contribution in [2.45, 2.75) is 24.9 Å². The summed E-state index contributed by atoms with van der Waals surface area (Å²) < 4.78 is 4.94. The van der Waals surface area contributed by atoms with Crippen molar-refractivity contribution >= 4 is 5.91 Å². The average Bonchev–Trinajstić information content (AvgIpc) is 2.71. The lowest BCUT2D eigenvalue weighted by atomic mass is 9.89. The topological polar surface area (TPSA) is 45.5 Å². The molecule has 80 valence electrons. The van der Waals surface area contributed by atoms with Crippen molar-refractivity contribution in [2.75, 3.05) is 13.1 Å². The van der Waals surface area contributed by atoms with Gasteiger partial charge in [0.1, 0.15) is 6.26 Å². The van der Waals surface area contributed by atoms with Crippen LogP contribution in [0.15, 0.2) is 23.0 Å². The Balaban J connectivity index is 1.78.